The van der Waals surface area contributed by atoms with E-state index < -0.39 is 33.8 Å². The van der Waals surface area contributed by atoms with E-state index in [1.165, 1.54) is 0 Å². The summed E-state index contributed by atoms with van der Waals surface area (Å²) in [6.45, 7) is 7.69. The van der Waals surface area contributed by atoms with Gasteiger partial charge >= 0.3 is 12.1 Å². The first kappa shape index (κ1) is 29.7. The maximum absolute atomic E-state index is 12.5. The first-order valence-electron chi connectivity index (χ1n) is 11.4. The minimum atomic E-state index is -3.61. The van der Waals surface area contributed by atoms with Crippen molar-refractivity contribution in [2.75, 3.05) is 32.1 Å². The summed E-state index contributed by atoms with van der Waals surface area (Å²) in [5.41, 5.74) is 5.37. The van der Waals surface area contributed by atoms with Gasteiger partial charge in [-0.05, 0) is 57.9 Å². The van der Waals surface area contributed by atoms with Crippen molar-refractivity contribution in [3.8, 4) is 5.75 Å². The highest BCUT2D eigenvalue weighted by Crippen LogP contribution is 2.15. The van der Waals surface area contributed by atoms with Gasteiger partial charge in [0, 0.05) is 6.42 Å². The fourth-order valence-electron chi connectivity index (χ4n) is 2.66. The van der Waals surface area contributed by atoms with Gasteiger partial charge in [0.1, 0.15) is 30.6 Å². The summed E-state index contributed by atoms with van der Waals surface area (Å²) >= 11 is 0. The van der Waals surface area contributed by atoms with Gasteiger partial charge in [0.05, 0.1) is 12.4 Å². The number of nitrogens with two attached hydrogens (primary N) is 1. The van der Waals surface area contributed by atoms with Crippen molar-refractivity contribution in [3.05, 3.63) is 29.8 Å². The molecule has 0 saturated carbocycles. The number of nitrogens with one attached hydrogen (secondary N) is 1. The normalized spacial score (nSPS) is 12.6. The topological polar surface area (TPSA) is 143 Å². The van der Waals surface area contributed by atoms with Crippen LogP contribution in [0.2, 0.25) is 0 Å². The largest absolute Gasteiger partial charge is 0.491 e. The predicted octanol–water partition coefficient (Wildman–Crippen LogP) is 2.54. The van der Waals surface area contributed by atoms with Crippen molar-refractivity contribution in [2.45, 2.75) is 65.0 Å². The van der Waals surface area contributed by atoms with E-state index in [0.29, 0.717) is 12.2 Å². The summed E-state index contributed by atoms with van der Waals surface area (Å²) in [4.78, 5) is 24.7. The highest BCUT2D eigenvalue weighted by Gasteiger charge is 2.26. The molecule has 0 aliphatic heterocycles. The lowest BCUT2D eigenvalue weighted by molar-refractivity contribution is -0.146. The van der Waals surface area contributed by atoms with Gasteiger partial charge in [0.2, 0.25) is 0 Å². The predicted molar refractivity (Wildman–Crippen MR) is 128 cm³/mol. The van der Waals surface area contributed by atoms with Crippen LogP contribution in [0.15, 0.2) is 24.3 Å². The Morgan fingerprint density at radius 2 is 1.74 bits per heavy atom. The van der Waals surface area contributed by atoms with E-state index in [9.17, 15) is 18.0 Å². The molecule has 0 aromatic heterocycles. The van der Waals surface area contributed by atoms with Crippen molar-refractivity contribution < 1.29 is 36.4 Å². The zero-order valence-corrected chi connectivity index (χ0v) is 21.3. The molecule has 0 heterocycles. The minimum Gasteiger partial charge on any atom is -0.491 e. The van der Waals surface area contributed by atoms with Crippen LogP contribution in [0.25, 0.3) is 0 Å². The second kappa shape index (κ2) is 14.8. The fourth-order valence-corrected chi connectivity index (χ4v) is 3.62. The molecule has 194 valence electrons. The Hall–Kier alpha value is -2.37. The third-order valence-electron chi connectivity index (χ3n) is 4.29. The molecule has 0 fully saturated rings. The average molecular weight is 503 g/mol. The van der Waals surface area contributed by atoms with Gasteiger partial charge in [-0.25, -0.2) is 9.59 Å². The van der Waals surface area contributed by atoms with Crippen LogP contribution < -0.4 is 15.8 Å². The first-order chi connectivity index (χ1) is 16.0. The number of hydrogen-bond donors (Lipinski definition) is 2. The van der Waals surface area contributed by atoms with Crippen LogP contribution in [0.3, 0.4) is 0 Å². The smallest absolute Gasteiger partial charge is 0.408 e. The highest BCUT2D eigenvalue weighted by atomic mass is 32.2. The fraction of sp³-hybridized carbons (Fsp3) is 0.652. The van der Waals surface area contributed by atoms with Crippen molar-refractivity contribution >= 4 is 22.2 Å². The molecule has 0 saturated heterocycles. The minimum absolute atomic E-state index is 0.0494. The standard InChI is InChI=1S/C23H38N2O8S/c1-5-6-13-31-21(26)20(25-22(27)33-23(2,3)4)17-18-8-10-19(11-9-18)30-14-15-32-34(28,29)16-7-12-24/h8-11,20H,5-7,12-17,24H2,1-4H3,(H,25,27). The molecule has 1 aromatic rings. The molecular weight excluding hydrogens is 464 g/mol. The van der Waals surface area contributed by atoms with Crippen LogP contribution in [0, 0.1) is 0 Å². The Morgan fingerprint density at radius 1 is 1.06 bits per heavy atom. The molecule has 1 rings (SSSR count). The monoisotopic (exact) mass is 502 g/mol. The van der Waals surface area contributed by atoms with Crippen LogP contribution in [0.5, 0.6) is 5.75 Å². The number of hydrogen-bond acceptors (Lipinski definition) is 9. The summed E-state index contributed by atoms with van der Waals surface area (Å²) in [5.74, 6) is -0.154. The number of unbranched alkanes of at least 4 members (excludes halogenated alkanes) is 1. The molecule has 0 spiro atoms. The molecule has 1 amide bonds. The number of carbonyl (C=O) groups is 2. The Bertz CT molecular complexity index is 851. The lowest BCUT2D eigenvalue weighted by Gasteiger charge is -2.23. The quantitative estimate of drug-likeness (QED) is 0.210. The Balaban J connectivity index is 2.66. The lowest BCUT2D eigenvalue weighted by Crippen LogP contribution is -2.45. The number of amides is 1. The number of ether oxygens (including phenoxy) is 3. The molecule has 0 radical (unpaired) electrons. The Kier molecular flexibility index (Phi) is 12.9. The van der Waals surface area contributed by atoms with Crippen molar-refractivity contribution in [1.82, 2.24) is 5.32 Å². The molecule has 3 N–H and O–H groups in total. The van der Waals surface area contributed by atoms with Crippen LogP contribution >= 0.6 is 0 Å². The van der Waals surface area contributed by atoms with Gasteiger partial charge in [-0.3, -0.25) is 4.18 Å². The van der Waals surface area contributed by atoms with Gasteiger partial charge in [-0.15, -0.1) is 0 Å². The molecule has 0 bridgehead atoms. The first-order valence-corrected chi connectivity index (χ1v) is 13.0. The molecule has 1 aromatic carbocycles. The summed E-state index contributed by atoms with van der Waals surface area (Å²) < 4.78 is 44.2. The van der Waals surface area contributed by atoms with E-state index in [4.69, 9.17) is 24.1 Å². The number of rotatable bonds is 15. The second-order valence-electron chi connectivity index (χ2n) is 8.64. The van der Waals surface area contributed by atoms with Gasteiger partial charge in [-0.2, -0.15) is 8.42 Å². The van der Waals surface area contributed by atoms with Gasteiger partial charge in [0.25, 0.3) is 10.1 Å². The number of esters is 1. The second-order valence-corrected chi connectivity index (χ2v) is 10.4. The maximum atomic E-state index is 12.5. The summed E-state index contributed by atoms with van der Waals surface area (Å²) in [7, 11) is -3.61. The van der Waals surface area contributed by atoms with Crippen LogP contribution in [0.1, 0.15) is 52.5 Å². The average Bonchev–Trinajstić information content (AvgIpc) is 2.75. The molecule has 1 unspecified atom stereocenters. The zero-order chi connectivity index (χ0) is 25.6. The van der Waals surface area contributed by atoms with Gasteiger partial charge < -0.3 is 25.3 Å². The molecule has 0 aliphatic carbocycles. The third-order valence-corrected chi connectivity index (χ3v) is 5.61. The van der Waals surface area contributed by atoms with E-state index in [1.807, 2.05) is 6.92 Å². The van der Waals surface area contributed by atoms with E-state index in [0.717, 1.165) is 18.4 Å². The van der Waals surface area contributed by atoms with E-state index in [1.54, 1.807) is 45.0 Å². The molecule has 34 heavy (non-hydrogen) atoms. The van der Waals surface area contributed by atoms with Gasteiger partial charge in [0.15, 0.2) is 0 Å². The van der Waals surface area contributed by atoms with Crippen molar-refractivity contribution in [2.24, 2.45) is 5.73 Å². The van der Waals surface area contributed by atoms with E-state index in [-0.39, 0.29) is 38.5 Å². The zero-order valence-electron chi connectivity index (χ0n) is 20.5. The molecule has 0 aliphatic rings. The summed E-state index contributed by atoms with van der Waals surface area (Å²) in [6, 6.07) is 5.95. The molecule has 11 heteroatoms. The van der Waals surface area contributed by atoms with Crippen LogP contribution in [-0.2, 0) is 35.0 Å². The third kappa shape index (κ3) is 13.4. The maximum Gasteiger partial charge on any atom is 0.408 e. The van der Waals surface area contributed by atoms with Crippen LogP contribution in [-0.4, -0.2) is 64.2 Å². The lowest BCUT2D eigenvalue weighted by atomic mass is 10.1. The van der Waals surface area contributed by atoms with Crippen molar-refractivity contribution in [1.29, 1.82) is 0 Å². The Morgan fingerprint density at radius 3 is 2.32 bits per heavy atom. The summed E-state index contributed by atoms with van der Waals surface area (Å²) in [6.07, 6.45) is 1.44. The Labute approximate surface area is 202 Å². The number of alkyl carbamates (subject to hydrolysis) is 1. The molecular formula is C23H38N2O8S. The molecule has 1 atom stereocenters. The number of carbonyl (C=O) groups excluding carboxylic acids is 2. The van der Waals surface area contributed by atoms with Crippen LogP contribution in [0.4, 0.5) is 4.79 Å². The summed E-state index contributed by atoms with van der Waals surface area (Å²) in [5, 5.41) is 2.59. The van der Waals surface area contributed by atoms with E-state index >= 15 is 0 Å². The molecule has 10 nitrogen and oxygen atoms in total. The van der Waals surface area contributed by atoms with Gasteiger partial charge in [-0.1, -0.05) is 25.5 Å². The number of benzene rings is 1. The van der Waals surface area contributed by atoms with Crippen molar-refractivity contribution in [3.63, 3.8) is 0 Å². The van der Waals surface area contributed by atoms with E-state index in [2.05, 4.69) is 5.32 Å². The highest BCUT2D eigenvalue weighted by molar-refractivity contribution is 7.86. The SMILES string of the molecule is CCCCOC(=O)C(Cc1ccc(OCCOS(=O)(=O)CCCN)cc1)NC(=O)OC(C)(C)C.